The third-order valence-electron chi connectivity index (χ3n) is 3.06. The first kappa shape index (κ1) is 13.3. The molecule has 0 saturated carbocycles. The van der Waals surface area contributed by atoms with E-state index in [1.807, 2.05) is 31.2 Å². The minimum absolute atomic E-state index is 0.0569. The van der Waals surface area contributed by atoms with Gasteiger partial charge < -0.3 is 10.3 Å². The summed E-state index contributed by atoms with van der Waals surface area (Å²) in [6.45, 7) is 1.99. The maximum atomic E-state index is 10.8. The second-order valence-electron chi connectivity index (χ2n) is 4.53. The monoisotopic (exact) mass is 301 g/mol. The summed E-state index contributed by atoms with van der Waals surface area (Å²) in [5, 5.41) is 14.8. The largest absolute Gasteiger partial charge is 0.367 e. The van der Waals surface area contributed by atoms with Crippen molar-refractivity contribution in [1.29, 1.82) is 0 Å². The maximum absolute atomic E-state index is 10.8. The number of nitrogen functional groups attached to an aromatic ring is 1. The number of rotatable bonds is 3. The van der Waals surface area contributed by atoms with Gasteiger partial charge in [-0.2, -0.15) is 0 Å². The smallest absolute Gasteiger partial charge is 0.324 e. The Bertz CT molecular complexity index is 805. The first-order chi connectivity index (χ1) is 10.1. The quantitative estimate of drug-likeness (QED) is 0.585. The standard InChI is InChI=1S/C14H11N3O3S/c1-8-2-4-9(5-3-8)12-13(16-20-14(12)15)10-6-7-11(21-10)17(18)19/h2-7H,15H2,1H3. The lowest BCUT2D eigenvalue weighted by atomic mass is 10.0. The summed E-state index contributed by atoms with van der Waals surface area (Å²) in [4.78, 5) is 11.0. The van der Waals surface area contributed by atoms with Crippen molar-refractivity contribution in [2.45, 2.75) is 6.92 Å². The number of aryl methyl sites for hydroxylation is 1. The van der Waals surface area contributed by atoms with E-state index < -0.39 is 4.92 Å². The number of thiophene rings is 1. The molecule has 0 saturated heterocycles. The Morgan fingerprint density at radius 2 is 1.95 bits per heavy atom. The molecule has 106 valence electrons. The molecule has 2 heterocycles. The van der Waals surface area contributed by atoms with Gasteiger partial charge in [0.2, 0.25) is 5.88 Å². The van der Waals surface area contributed by atoms with Crippen molar-refractivity contribution < 1.29 is 9.45 Å². The number of aromatic nitrogens is 1. The van der Waals surface area contributed by atoms with E-state index in [2.05, 4.69) is 5.16 Å². The number of benzene rings is 1. The van der Waals surface area contributed by atoms with E-state index >= 15 is 0 Å². The first-order valence-electron chi connectivity index (χ1n) is 6.13. The Balaban J connectivity index is 2.11. The van der Waals surface area contributed by atoms with Crippen molar-refractivity contribution in [3.05, 3.63) is 52.1 Å². The van der Waals surface area contributed by atoms with E-state index in [9.17, 15) is 10.1 Å². The predicted molar refractivity (Wildman–Crippen MR) is 81.1 cm³/mol. The minimum Gasteiger partial charge on any atom is -0.367 e. The van der Waals surface area contributed by atoms with Crippen LogP contribution in [0.2, 0.25) is 0 Å². The molecule has 21 heavy (non-hydrogen) atoms. The van der Waals surface area contributed by atoms with Crippen molar-refractivity contribution in [2.75, 3.05) is 5.73 Å². The molecule has 0 aliphatic carbocycles. The molecule has 1 aromatic carbocycles. The zero-order chi connectivity index (χ0) is 15.0. The number of nitrogens with zero attached hydrogens (tertiary/aromatic N) is 2. The molecule has 0 atom stereocenters. The minimum atomic E-state index is -0.427. The van der Waals surface area contributed by atoms with Gasteiger partial charge in [-0.25, -0.2) is 0 Å². The van der Waals surface area contributed by atoms with Gasteiger partial charge in [0.25, 0.3) is 0 Å². The summed E-state index contributed by atoms with van der Waals surface area (Å²) in [6.07, 6.45) is 0. The van der Waals surface area contributed by atoms with Crippen molar-refractivity contribution in [2.24, 2.45) is 0 Å². The highest BCUT2D eigenvalue weighted by molar-refractivity contribution is 7.18. The Hall–Kier alpha value is -2.67. The van der Waals surface area contributed by atoms with Gasteiger partial charge >= 0.3 is 5.00 Å². The molecular weight excluding hydrogens is 290 g/mol. The van der Waals surface area contributed by atoms with Crippen molar-refractivity contribution >= 4 is 22.2 Å². The van der Waals surface area contributed by atoms with Crippen LogP contribution in [0.3, 0.4) is 0 Å². The molecule has 2 N–H and O–H groups in total. The predicted octanol–water partition coefficient (Wildman–Crippen LogP) is 3.87. The summed E-state index contributed by atoms with van der Waals surface area (Å²) in [7, 11) is 0. The number of hydrogen-bond acceptors (Lipinski definition) is 6. The van der Waals surface area contributed by atoms with Crippen LogP contribution in [0.25, 0.3) is 21.7 Å². The van der Waals surface area contributed by atoms with Gasteiger partial charge in [0.05, 0.1) is 15.4 Å². The van der Waals surface area contributed by atoms with Crippen LogP contribution in [0.5, 0.6) is 0 Å². The fraction of sp³-hybridized carbons (Fsp3) is 0.0714. The average molecular weight is 301 g/mol. The van der Waals surface area contributed by atoms with Gasteiger partial charge in [0, 0.05) is 6.07 Å². The molecule has 3 aromatic rings. The molecule has 0 amide bonds. The van der Waals surface area contributed by atoms with Crippen LogP contribution in [0, 0.1) is 17.0 Å². The Labute approximate surface area is 124 Å². The Morgan fingerprint density at radius 3 is 2.57 bits per heavy atom. The van der Waals surface area contributed by atoms with Crippen molar-refractivity contribution in [3.8, 4) is 21.7 Å². The SMILES string of the molecule is Cc1ccc(-c2c(-c3ccc([N+](=O)[O-])s3)noc2N)cc1. The fourth-order valence-corrected chi connectivity index (χ4v) is 2.83. The third kappa shape index (κ3) is 2.38. The molecule has 0 fully saturated rings. The maximum Gasteiger partial charge on any atom is 0.324 e. The molecule has 0 aliphatic rings. The van der Waals surface area contributed by atoms with Gasteiger partial charge in [-0.05, 0) is 18.6 Å². The molecule has 0 spiro atoms. The highest BCUT2D eigenvalue weighted by atomic mass is 32.1. The zero-order valence-electron chi connectivity index (χ0n) is 11.1. The van der Waals surface area contributed by atoms with E-state index in [1.54, 1.807) is 6.07 Å². The number of hydrogen-bond donors (Lipinski definition) is 1. The molecule has 0 radical (unpaired) electrons. The van der Waals surface area contributed by atoms with Gasteiger partial charge in [0.15, 0.2) is 0 Å². The zero-order valence-corrected chi connectivity index (χ0v) is 11.9. The summed E-state index contributed by atoms with van der Waals surface area (Å²) in [5.74, 6) is 0.199. The van der Waals surface area contributed by atoms with E-state index in [0.29, 0.717) is 16.1 Å². The van der Waals surface area contributed by atoms with Crippen LogP contribution in [-0.2, 0) is 0 Å². The van der Waals surface area contributed by atoms with E-state index in [-0.39, 0.29) is 10.9 Å². The lowest BCUT2D eigenvalue weighted by Crippen LogP contribution is -1.87. The lowest BCUT2D eigenvalue weighted by molar-refractivity contribution is -0.380. The van der Waals surface area contributed by atoms with Crippen molar-refractivity contribution in [1.82, 2.24) is 5.16 Å². The average Bonchev–Trinajstić information content (AvgIpc) is 3.06. The van der Waals surface area contributed by atoms with E-state index in [0.717, 1.165) is 22.5 Å². The van der Waals surface area contributed by atoms with Crippen LogP contribution in [0.15, 0.2) is 40.9 Å². The van der Waals surface area contributed by atoms with Crippen LogP contribution in [0.1, 0.15) is 5.56 Å². The van der Waals surface area contributed by atoms with E-state index in [4.69, 9.17) is 10.3 Å². The van der Waals surface area contributed by atoms with Crippen LogP contribution < -0.4 is 5.73 Å². The molecule has 0 unspecified atom stereocenters. The fourth-order valence-electron chi connectivity index (χ4n) is 2.02. The highest BCUT2D eigenvalue weighted by Crippen LogP contribution is 2.40. The summed E-state index contributed by atoms with van der Waals surface area (Å²) in [6, 6.07) is 10.9. The summed E-state index contributed by atoms with van der Waals surface area (Å²) < 4.78 is 5.07. The molecule has 0 bridgehead atoms. The lowest BCUT2D eigenvalue weighted by Gasteiger charge is -2.01. The second-order valence-corrected chi connectivity index (χ2v) is 5.59. The number of anilines is 1. The first-order valence-corrected chi connectivity index (χ1v) is 6.94. The number of nitro groups is 1. The molecular formula is C14H11N3O3S. The van der Waals surface area contributed by atoms with Crippen molar-refractivity contribution in [3.63, 3.8) is 0 Å². The molecule has 2 aromatic heterocycles. The topological polar surface area (TPSA) is 95.2 Å². The highest BCUT2D eigenvalue weighted by Gasteiger charge is 2.21. The van der Waals surface area contributed by atoms with Gasteiger partial charge in [-0.1, -0.05) is 46.3 Å². The van der Waals surface area contributed by atoms with Gasteiger partial charge in [0.1, 0.15) is 5.69 Å². The van der Waals surface area contributed by atoms with Gasteiger partial charge in [-0.3, -0.25) is 10.1 Å². The third-order valence-corrected chi connectivity index (χ3v) is 4.11. The molecule has 0 aliphatic heterocycles. The van der Waals surface area contributed by atoms with E-state index in [1.165, 1.54) is 6.07 Å². The van der Waals surface area contributed by atoms with Crippen LogP contribution in [0.4, 0.5) is 10.9 Å². The van der Waals surface area contributed by atoms with Crippen LogP contribution >= 0.6 is 11.3 Å². The summed E-state index contributed by atoms with van der Waals surface area (Å²) >= 11 is 1.04. The Morgan fingerprint density at radius 1 is 1.24 bits per heavy atom. The summed E-state index contributed by atoms with van der Waals surface area (Å²) in [5.41, 5.74) is 9.03. The number of nitrogens with two attached hydrogens (primary N) is 1. The molecule has 7 heteroatoms. The molecule has 3 rings (SSSR count). The van der Waals surface area contributed by atoms with Crippen LogP contribution in [-0.4, -0.2) is 10.1 Å². The Kier molecular flexibility index (Phi) is 3.19. The molecule has 6 nitrogen and oxygen atoms in total. The normalized spacial score (nSPS) is 10.7. The second kappa shape index (κ2) is 5.02. The van der Waals surface area contributed by atoms with Gasteiger partial charge in [-0.15, -0.1) is 0 Å².